The van der Waals surface area contributed by atoms with Crippen LogP contribution in [0.3, 0.4) is 0 Å². The van der Waals surface area contributed by atoms with Crippen LogP contribution in [0.5, 0.6) is 0 Å². The fraction of sp³-hybridized carbons (Fsp3) is 0.111. The summed E-state index contributed by atoms with van der Waals surface area (Å²) in [6, 6.07) is 2.63. The molecule has 76 valence electrons. The summed E-state index contributed by atoms with van der Waals surface area (Å²) in [6.45, 7) is 0. The molecule has 1 rings (SSSR count). The first-order valence-electron chi connectivity index (χ1n) is 3.90. The Hall–Kier alpha value is -2.42. The largest absolute Gasteiger partial charge is 0.481 e. The minimum Gasteiger partial charge on any atom is -0.481 e. The number of pyridine rings is 1. The number of carbonyl (C=O) groups is 1. The zero-order valence-corrected chi connectivity index (χ0v) is 7.51. The number of hydrogen-bond donors (Lipinski definition) is 1. The Kier molecular flexibility index (Phi) is 3.35. The maximum atomic E-state index is 10.3. The number of aromatic nitrogens is 1. The highest BCUT2D eigenvalue weighted by atomic mass is 16.6. The molecule has 1 aromatic heterocycles. The smallest absolute Gasteiger partial charge is 0.315 e. The zero-order valence-electron chi connectivity index (χ0n) is 7.51. The molecule has 0 unspecified atom stereocenters. The van der Waals surface area contributed by atoms with Gasteiger partial charge in [-0.1, -0.05) is 5.92 Å². The van der Waals surface area contributed by atoms with Crippen molar-refractivity contribution in [1.29, 1.82) is 0 Å². The summed E-state index contributed by atoms with van der Waals surface area (Å²) < 4.78 is 0. The SMILES string of the molecule is O=C(O)CC#Cc1ccc([N+](=O)[O-])cn1. The summed E-state index contributed by atoms with van der Waals surface area (Å²) >= 11 is 0. The van der Waals surface area contributed by atoms with E-state index < -0.39 is 10.9 Å². The van der Waals surface area contributed by atoms with Crippen LogP contribution in [0.2, 0.25) is 0 Å². The van der Waals surface area contributed by atoms with Crippen molar-refractivity contribution in [3.05, 3.63) is 34.1 Å². The van der Waals surface area contributed by atoms with Gasteiger partial charge in [0.15, 0.2) is 0 Å². The van der Waals surface area contributed by atoms with Gasteiger partial charge in [-0.2, -0.15) is 0 Å². The first-order valence-corrected chi connectivity index (χ1v) is 3.90. The Balaban J connectivity index is 2.75. The lowest BCUT2D eigenvalue weighted by atomic mass is 10.3. The van der Waals surface area contributed by atoms with Crippen LogP contribution < -0.4 is 0 Å². The first-order chi connectivity index (χ1) is 7.09. The van der Waals surface area contributed by atoms with Gasteiger partial charge in [-0.05, 0) is 12.0 Å². The van der Waals surface area contributed by atoms with Crippen molar-refractivity contribution >= 4 is 11.7 Å². The molecule has 0 atom stereocenters. The third-order valence-corrected chi connectivity index (χ3v) is 1.41. The molecule has 0 aliphatic carbocycles. The Labute approximate surface area is 84.7 Å². The van der Waals surface area contributed by atoms with Crippen molar-refractivity contribution in [3.8, 4) is 11.8 Å². The van der Waals surface area contributed by atoms with Crippen LogP contribution in [0.4, 0.5) is 5.69 Å². The van der Waals surface area contributed by atoms with E-state index in [1.54, 1.807) is 0 Å². The third-order valence-electron chi connectivity index (χ3n) is 1.41. The number of rotatable bonds is 2. The molecule has 0 spiro atoms. The van der Waals surface area contributed by atoms with Gasteiger partial charge in [0, 0.05) is 6.07 Å². The highest BCUT2D eigenvalue weighted by Crippen LogP contribution is 2.07. The number of hydrogen-bond acceptors (Lipinski definition) is 4. The van der Waals surface area contributed by atoms with E-state index in [1.165, 1.54) is 12.1 Å². The van der Waals surface area contributed by atoms with Crippen molar-refractivity contribution in [1.82, 2.24) is 4.98 Å². The van der Waals surface area contributed by atoms with Gasteiger partial charge in [-0.15, -0.1) is 0 Å². The van der Waals surface area contributed by atoms with Crippen LogP contribution in [0.25, 0.3) is 0 Å². The van der Waals surface area contributed by atoms with Crippen LogP contribution in [0, 0.1) is 22.0 Å². The number of nitro groups is 1. The van der Waals surface area contributed by atoms with Crippen molar-refractivity contribution in [2.45, 2.75) is 6.42 Å². The lowest BCUT2D eigenvalue weighted by molar-refractivity contribution is -0.385. The quantitative estimate of drug-likeness (QED) is 0.439. The lowest BCUT2D eigenvalue weighted by Gasteiger charge is -1.89. The monoisotopic (exact) mass is 206 g/mol. The third kappa shape index (κ3) is 3.44. The van der Waals surface area contributed by atoms with Gasteiger partial charge in [0.05, 0.1) is 4.92 Å². The molecular formula is C9H6N2O4. The second kappa shape index (κ2) is 4.72. The topological polar surface area (TPSA) is 93.3 Å². The molecule has 0 amide bonds. The molecule has 0 aromatic carbocycles. The molecule has 0 saturated heterocycles. The first kappa shape index (κ1) is 10.7. The molecule has 1 heterocycles. The van der Waals surface area contributed by atoms with Gasteiger partial charge in [-0.25, -0.2) is 4.98 Å². The molecule has 6 heteroatoms. The van der Waals surface area contributed by atoms with E-state index in [0.29, 0.717) is 5.69 Å². The average Bonchev–Trinajstić information content (AvgIpc) is 2.18. The maximum Gasteiger partial charge on any atom is 0.315 e. The standard InChI is InChI=1S/C9H6N2O4/c12-9(13)3-1-2-7-4-5-8(6-10-7)11(14)15/h4-6H,3H2,(H,12,13). The Bertz CT molecular complexity index is 441. The minimum atomic E-state index is -1.02. The Morgan fingerprint density at radius 1 is 1.60 bits per heavy atom. The van der Waals surface area contributed by atoms with Crippen molar-refractivity contribution in [3.63, 3.8) is 0 Å². The number of carboxylic acid groups (broad SMARTS) is 1. The molecule has 1 N–H and O–H groups in total. The number of aliphatic carboxylic acids is 1. The molecule has 0 fully saturated rings. The Morgan fingerprint density at radius 2 is 2.33 bits per heavy atom. The summed E-state index contributed by atoms with van der Waals surface area (Å²) in [5.41, 5.74) is 0.181. The van der Waals surface area contributed by atoms with E-state index in [2.05, 4.69) is 16.8 Å². The van der Waals surface area contributed by atoms with E-state index in [1.807, 2.05) is 0 Å². The highest BCUT2D eigenvalue weighted by Gasteiger charge is 2.03. The zero-order chi connectivity index (χ0) is 11.3. The van der Waals surface area contributed by atoms with Crippen molar-refractivity contribution in [2.24, 2.45) is 0 Å². The van der Waals surface area contributed by atoms with E-state index in [9.17, 15) is 14.9 Å². The average molecular weight is 206 g/mol. The second-order valence-corrected chi connectivity index (χ2v) is 2.53. The summed E-state index contributed by atoms with van der Waals surface area (Å²) in [7, 11) is 0. The van der Waals surface area contributed by atoms with E-state index in [-0.39, 0.29) is 12.1 Å². The molecule has 0 bridgehead atoms. The number of nitrogens with zero attached hydrogens (tertiary/aromatic N) is 2. The molecule has 1 aromatic rings. The molecular weight excluding hydrogens is 200 g/mol. The van der Waals surface area contributed by atoms with Gasteiger partial charge < -0.3 is 5.11 Å². The fourth-order valence-electron chi connectivity index (χ4n) is 0.778. The van der Waals surface area contributed by atoms with Crippen molar-refractivity contribution in [2.75, 3.05) is 0 Å². The lowest BCUT2D eigenvalue weighted by Crippen LogP contribution is -1.92. The summed E-state index contributed by atoms with van der Waals surface area (Å²) in [4.78, 5) is 23.5. The minimum absolute atomic E-state index is 0.126. The predicted octanol–water partition coefficient (Wildman–Crippen LogP) is 0.816. The van der Waals surface area contributed by atoms with Gasteiger partial charge in [0.1, 0.15) is 18.3 Å². The second-order valence-electron chi connectivity index (χ2n) is 2.53. The van der Waals surface area contributed by atoms with Crippen molar-refractivity contribution < 1.29 is 14.8 Å². The van der Waals surface area contributed by atoms with Gasteiger partial charge in [0.25, 0.3) is 5.69 Å². The van der Waals surface area contributed by atoms with Crippen LogP contribution >= 0.6 is 0 Å². The van der Waals surface area contributed by atoms with Gasteiger partial charge >= 0.3 is 5.97 Å². The van der Waals surface area contributed by atoms with Crippen LogP contribution in [-0.4, -0.2) is 21.0 Å². The summed E-state index contributed by atoms with van der Waals surface area (Å²) in [6.07, 6.45) is 0.795. The van der Waals surface area contributed by atoms with E-state index >= 15 is 0 Å². The van der Waals surface area contributed by atoms with Gasteiger partial charge in [-0.3, -0.25) is 14.9 Å². The fourth-order valence-corrected chi connectivity index (χ4v) is 0.778. The molecule has 0 aliphatic rings. The molecule has 0 aliphatic heterocycles. The predicted molar refractivity (Wildman–Crippen MR) is 50.0 cm³/mol. The molecule has 6 nitrogen and oxygen atoms in total. The maximum absolute atomic E-state index is 10.3. The van der Waals surface area contributed by atoms with E-state index in [0.717, 1.165) is 6.20 Å². The van der Waals surface area contributed by atoms with Crippen LogP contribution in [0.1, 0.15) is 12.1 Å². The summed E-state index contributed by atoms with van der Waals surface area (Å²) in [5, 5.41) is 18.6. The van der Waals surface area contributed by atoms with Crippen LogP contribution in [0.15, 0.2) is 18.3 Å². The molecule has 0 radical (unpaired) electrons. The highest BCUT2D eigenvalue weighted by molar-refractivity contribution is 5.70. The normalized spacial score (nSPS) is 8.80. The summed E-state index contributed by atoms with van der Waals surface area (Å²) in [5.74, 6) is 3.82. The van der Waals surface area contributed by atoms with Crippen LogP contribution in [-0.2, 0) is 4.79 Å². The number of carboxylic acids is 1. The Morgan fingerprint density at radius 3 is 2.80 bits per heavy atom. The molecule has 15 heavy (non-hydrogen) atoms. The van der Waals surface area contributed by atoms with Gasteiger partial charge in [0.2, 0.25) is 0 Å². The van der Waals surface area contributed by atoms with E-state index in [4.69, 9.17) is 5.11 Å². The molecule has 0 saturated carbocycles.